The molecule has 1 heterocycles. The summed E-state index contributed by atoms with van der Waals surface area (Å²) < 4.78 is 5.63. The fourth-order valence-corrected chi connectivity index (χ4v) is 1.53. The zero-order valence-corrected chi connectivity index (χ0v) is 8.43. The number of hydrogen-bond donors (Lipinski definition) is 0. The molecule has 0 radical (unpaired) electrons. The maximum Gasteiger partial charge on any atom is 0.137 e. The summed E-state index contributed by atoms with van der Waals surface area (Å²) in [5.74, 6) is 0.839. The van der Waals surface area contributed by atoms with Gasteiger partial charge in [-0.05, 0) is 25.5 Å². The van der Waals surface area contributed by atoms with E-state index in [0.717, 1.165) is 22.3 Å². The van der Waals surface area contributed by atoms with E-state index >= 15 is 0 Å². The van der Waals surface area contributed by atoms with Gasteiger partial charge in [0.2, 0.25) is 0 Å². The number of benzene rings is 1. The van der Waals surface area contributed by atoms with E-state index in [2.05, 4.69) is 0 Å². The fourth-order valence-electron chi connectivity index (χ4n) is 1.42. The van der Waals surface area contributed by atoms with Crippen LogP contribution >= 0.6 is 11.6 Å². The van der Waals surface area contributed by atoms with Crippen LogP contribution in [0.5, 0.6) is 0 Å². The molecule has 2 aromatic rings. The molecule has 0 fully saturated rings. The van der Waals surface area contributed by atoms with Crippen molar-refractivity contribution in [1.29, 1.82) is 0 Å². The van der Waals surface area contributed by atoms with Crippen LogP contribution < -0.4 is 0 Å². The van der Waals surface area contributed by atoms with E-state index in [1.807, 2.05) is 38.1 Å². The molecule has 1 nitrogen and oxygen atoms in total. The van der Waals surface area contributed by atoms with Crippen molar-refractivity contribution in [3.63, 3.8) is 0 Å². The normalized spacial score (nSPS) is 13.5. The summed E-state index contributed by atoms with van der Waals surface area (Å²) in [4.78, 5) is 0. The maximum atomic E-state index is 5.93. The second-order valence-electron chi connectivity index (χ2n) is 3.26. The Morgan fingerprint density at radius 1 is 1.38 bits per heavy atom. The zero-order valence-electron chi connectivity index (χ0n) is 7.67. The molecule has 0 aliphatic heterocycles. The maximum absolute atomic E-state index is 5.93. The predicted octanol–water partition coefficient (Wildman–Crippen LogP) is 4.04. The highest BCUT2D eigenvalue weighted by Crippen LogP contribution is 2.28. The Balaban J connectivity index is 2.68. The van der Waals surface area contributed by atoms with Crippen molar-refractivity contribution in [3.05, 3.63) is 35.6 Å². The summed E-state index contributed by atoms with van der Waals surface area (Å²) in [5.41, 5.74) is 2.10. The fraction of sp³-hybridized carbons (Fsp3) is 0.273. The first-order valence-corrected chi connectivity index (χ1v) is 4.75. The van der Waals surface area contributed by atoms with Gasteiger partial charge in [0.15, 0.2) is 0 Å². The van der Waals surface area contributed by atoms with Crippen molar-refractivity contribution in [3.8, 4) is 0 Å². The Morgan fingerprint density at radius 2 is 2.15 bits per heavy atom. The Hall–Kier alpha value is -0.950. The number of furan rings is 1. The van der Waals surface area contributed by atoms with E-state index in [4.69, 9.17) is 16.0 Å². The number of hydrogen-bond acceptors (Lipinski definition) is 1. The van der Waals surface area contributed by atoms with Crippen molar-refractivity contribution in [2.45, 2.75) is 19.2 Å². The topological polar surface area (TPSA) is 13.1 Å². The molecule has 2 heteroatoms. The van der Waals surface area contributed by atoms with Crippen molar-refractivity contribution in [2.24, 2.45) is 0 Å². The minimum absolute atomic E-state index is 0.0631. The van der Waals surface area contributed by atoms with Gasteiger partial charge in [-0.3, -0.25) is 0 Å². The van der Waals surface area contributed by atoms with Crippen LogP contribution in [-0.2, 0) is 0 Å². The molecule has 1 aromatic heterocycles. The van der Waals surface area contributed by atoms with Crippen LogP contribution in [0, 0.1) is 6.92 Å². The number of para-hydroxylation sites is 1. The number of alkyl halides is 1. The average molecular weight is 195 g/mol. The lowest BCUT2D eigenvalue weighted by Gasteiger charge is -1.95. The van der Waals surface area contributed by atoms with Crippen LogP contribution in [-0.4, -0.2) is 0 Å². The van der Waals surface area contributed by atoms with Gasteiger partial charge in [0.25, 0.3) is 0 Å². The van der Waals surface area contributed by atoms with Gasteiger partial charge in [0.05, 0.1) is 5.38 Å². The lowest BCUT2D eigenvalue weighted by molar-refractivity contribution is 0.549. The van der Waals surface area contributed by atoms with Gasteiger partial charge < -0.3 is 4.42 Å². The Bertz CT molecular complexity index is 429. The minimum Gasteiger partial charge on any atom is -0.459 e. The van der Waals surface area contributed by atoms with E-state index in [0.29, 0.717) is 0 Å². The molecule has 0 saturated carbocycles. The number of fused-ring (bicyclic) bond motifs is 1. The Labute approximate surface area is 82.3 Å². The van der Waals surface area contributed by atoms with E-state index in [1.54, 1.807) is 0 Å². The number of rotatable bonds is 1. The largest absolute Gasteiger partial charge is 0.459 e. The molecule has 0 saturated heterocycles. The van der Waals surface area contributed by atoms with E-state index in [1.165, 1.54) is 0 Å². The van der Waals surface area contributed by atoms with E-state index in [9.17, 15) is 0 Å². The summed E-state index contributed by atoms with van der Waals surface area (Å²) in [6.45, 7) is 3.95. The summed E-state index contributed by atoms with van der Waals surface area (Å²) in [6, 6.07) is 8.10. The van der Waals surface area contributed by atoms with Gasteiger partial charge in [-0.25, -0.2) is 0 Å². The predicted molar refractivity (Wildman–Crippen MR) is 55.2 cm³/mol. The van der Waals surface area contributed by atoms with Crippen molar-refractivity contribution < 1.29 is 4.42 Å². The second kappa shape index (κ2) is 3.08. The molecule has 13 heavy (non-hydrogen) atoms. The number of aryl methyl sites for hydroxylation is 1. The van der Waals surface area contributed by atoms with Crippen LogP contribution in [0.2, 0.25) is 0 Å². The Morgan fingerprint density at radius 3 is 2.77 bits per heavy atom. The molecular weight excluding hydrogens is 184 g/mol. The first kappa shape index (κ1) is 8.64. The average Bonchev–Trinajstić information content (AvgIpc) is 2.49. The van der Waals surface area contributed by atoms with Crippen molar-refractivity contribution in [1.82, 2.24) is 0 Å². The molecule has 0 spiro atoms. The molecule has 0 bridgehead atoms. The Kier molecular flexibility index (Phi) is 2.04. The van der Waals surface area contributed by atoms with Gasteiger partial charge >= 0.3 is 0 Å². The lowest BCUT2D eigenvalue weighted by atomic mass is 10.2. The summed E-state index contributed by atoms with van der Waals surface area (Å²) in [6.07, 6.45) is 0. The molecule has 0 aliphatic rings. The quantitative estimate of drug-likeness (QED) is 0.625. The van der Waals surface area contributed by atoms with Gasteiger partial charge in [-0.15, -0.1) is 11.6 Å². The third kappa shape index (κ3) is 1.44. The highest BCUT2D eigenvalue weighted by atomic mass is 35.5. The second-order valence-corrected chi connectivity index (χ2v) is 3.91. The smallest absolute Gasteiger partial charge is 0.137 e. The number of halogens is 1. The summed E-state index contributed by atoms with van der Waals surface area (Å²) >= 11 is 5.93. The highest BCUT2D eigenvalue weighted by Gasteiger charge is 2.09. The lowest BCUT2D eigenvalue weighted by Crippen LogP contribution is -1.75. The minimum atomic E-state index is -0.0631. The van der Waals surface area contributed by atoms with E-state index in [-0.39, 0.29) is 5.38 Å². The van der Waals surface area contributed by atoms with Gasteiger partial charge in [-0.2, -0.15) is 0 Å². The van der Waals surface area contributed by atoms with Gasteiger partial charge in [0, 0.05) is 5.39 Å². The molecule has 0 aliphatic carbocycles. The molecular formula is C11H11ClO. The van der Waals surface area contributed by atoms with Crippen LogP contribution in [0.15, 0.2) is 28.7 Å². The molecule has 68 valence electrons. The first-order valence-electron chi connectivity index (χ1n) is 4.31. The highest BCUT2D eigenvalue weighted by molar-refractivity contribution is 6.20. The SMILES string of the molecule is Cc1cccc2cc(C(C)Cl)oc12. The summed E-state index contributed by atoms with van der Waals surface area (Å²) in [7, 11) is 0. The molecule has 1 aromatic carbocycles. The molecule has 0 amide bonds. The zero-order chi connectivity index (χ0) is 9.42. The third-order valence-electron chi connectivity index (χ3n) is 2.15. The first-order chi connectivity index (χ1) is 6.18. The third-order valence-corrected chi connectivity index (χ3v) is 2.37. The van der Waals surface area contributed by atoms with Crippen LogP contribution in [0.4, 0.5) is 0 Å². The molecule has 1 atom stereocenters. The molecule has 2 rings (SSSR count). The van der Waals surface area contributed by atoms with Crippen molar-refractivity contribution in [2.75, 3.05) is 0 Å². The monoisotopic (exact) mass is 194 g/mol. The van der Waals surface area contributed by atoms with Crippen LogP contribution in [0.1, 0.15) is 23.6 Å². The van der Waals surface area contributed by atoms with Gasteiger partial charge in [0.1, 0.15) is 11.3 Å². The van der Waals surface area contributed by atoms with Crippen molar-refractivity contribution >= 4 is 22.6 Å². The van der Waals surface area contributed by atoms with Crippen LogP contribution in [0.3, 0.4) is 0 Å². The molecule has 1 unspecified atom stereocenters. The summed E-state index contributed by atoms with van der Waals surface area (Å²) in [5, 5.41) is 1.06. The van der Waals surface area contributed by atoms with Gasteiger partial charge in [-0.1, -0.05) is 18.2 Å². The standard InChI is InChI=1S/C11H11ClO/c1-7-4-3-5-9-6-10(8(2)12)13-11(7)9/h3-6,8H,1-2H3. The van der Waals surface area contributed by atoms with Crippen LogP contribution in [0.25, 0.3) is 11.0 Å². The molecule has 0 N–H and O–H groups in total. The van der Waals surface area contributed by atoms with E-state index < -0.39 is 0 Å².